The van der Waals surface area contributed by atoms with Crippen molar-refractivity contribution in [3.05, 3.63) is 132 Å². The Hall–Kier alpha value is -2.98. The molecule has 1 N–H and O–H groups in total. The average Bonchev–Trinajstić information content (AvgIpc) is 2.83. The van der Waals surface area contributed by atoms with Crippen LogP contribution < -0.4 is 10.6 Å². The second-order valence-electron chi connectivity index (χ2n) is 7.62. The van der Waals surface area contributed by atoms with Crippen molar-refractivity contribution in [1.29, 1.82) is 0 Å². The maximum absolute atomic E-state index is 13.2. The van der Waals surface area contributed by atoms with Gasteiger partial charge in [0.05, 0.1) is 11.3 Å². The van der Waals surface area contributed by atoms with E-state index in [9.17, 15) is 18.4 Å². The molecule has 0 saturated carbocycles. The third-order valence-electron chi connectivity index (χ3n) is 5.32. The lowest BCUT2D eigenvalue weighted by molar-refractivity contribution is -0.137. The Morgan fingerprint density at radius 2 is 1.12 bits per heavy atom. The summed E-state index contributed by atoms with van der Waals surface area (Å²) in [5.41, 5.74) is 0.828. The summed E-state index contributed by atoms with van der Waals surface area (Å²) in [4.78, 5) is 0. The summed E-state index contributed by atoms with van der Waals surface area (Å²) >= 11 is 0. The molecule has 0 spiro atoms. The van der Waals surface area contributed by atoms with Gasteiger partial charge >= 0.3 is 6.18 Å². The highest BCUT2D eigenvalue weighted by Gasteiger charge is 2.33. The molecule has 4 aromatic carbocycles. The largest absolute Gasteiger partial charge is 0.416 e. The van der Waals surface area contributed by atoms with Gasteiger partial charge < -0.3 is 5.21 Å². The number of halogens is 3. The van der Waals surface area contributed by atoms with Crippen LogP contribution in [-0.4, -0.2) is 10.3 Å². The van der Waals surface area contributed by atoms with Crippen molar-refractivity contribution in [2.75, 3.05) is 0 Å². The first-order chi connectivity index (χ1) is 15.9. The van der Waals surface area contributed by atoms with Crippen molar-refractivity contribution >= 4 is 18.5 Å². The summed E-state index contributed by atoms with van der Waals surface area (Å²) in [6.45, 7) is 0.241. The van der Waals surface area contributed by atoms with Crippen LogP contribution in [0, 0.1) is 0 Å². The summed E-state index contributed by atoms with van der Waals surface area (Å²) in [6, 6.07) is 34.3. The van der Waals surface area contributed by atoms with Crippen molar-refractivity contribution in [2.45, 2.75) is 18.5 Å². The molecule has 0 aliphatic carbocycles. The number of nitrogens with zero attached hydrogens (tertiary/aromatic N) is 1. The molecule has 1 atom stereocenters. The minimum Gasteiger partial charge on any atom is -0.313 e. The van der Waals surface area contributed by atoms with Crippen molar-refractivity contribution in [3.8, 4) is 0 Å². The van der Waals surface area contributed by atoms with Crippen LogP contribution in [0.25, 0.3) is 0 Å². The number of hydrogen-bond acceptors (Lipinski definition) is 2. The van der Waals surface area contributed by atoms with E-state index in [0.717, 1.165) is 28.3 Å². The maximum atomic E-state index is 13.2. The number of rotatable bonds is 7. The van der Waals surface area contributed by atoms with Crippen LogP contribution in [0.4, 0.5) is 13.2 Å². The first-order valence-electron chi connectivity index (χ1n) is 10.5. The SMILES string of the molecule is ON(Cc1ccccc1)C(c1ccc(C(F)(F)F)cc1)P(c1ccccc1)c1ccccc1. The van der Waals surface area contributed by atoms with Gasteiger partial charge in [-0.1, -0.05) is 103 Å². The van der Waals surface area contributed by atoms with E-state index in [1.54, 1.807) is 0 Å². The van der Waals surface area contributed by atoms with Crippen LogP contribution in [0.3, 0.4) is 0 Å². The molecule has 0 saturated heterocycles. The van der Waals surface area contributed by atoms with Crippen molar-refractivity contribution < 1.29 is 18.4 Å². The third kappa shape index (κ3) is 5.69. The van der Waals surface area contributed by atoms with Crippen molar-refractivity contribution in [2.24, 2.45) is 0 Å². The molecule has 0 aliphatic heterocycles. The number of alkyl halides is 3. The second kappa shape index (κ2) is 10.3. The van der Waals surface area contributed by atoms with Gasteiger partial charge in [-0.15, -0.1) is 0 Å². The molecule has 0 amide bonds. The van der Waals surface area contributed by atoms with E-state index in [0.29, 0.717) is 5.56 Å². The van der Waals surface area contributed by atoms with Gasteiger partial charge in [0.2, 0.25) is 0 Å². The molecule has 0 fully saturated rings. The van der Waals surface area contributed by atoms with Gasteiger partial charge in [-0.25, -0.2) is 0 Å². The van der Waals surface area contributed by atoms with Gasteiger partial charge in [0.1, 0.15) is 0 Å². The van der Waals surface area contributed by atoms with Crippen LogP contribution in [0.15, 0.2) is 115 Å². The Kier molecular flexibility index (Phi) is 7.24. The summed E-state index contributed by atoms with van der Waals surface area (Å²) in [6.07, 6.45) is -4.42. The predicted molar refractivity (Wildman–Crippen MR) is 127 cm³/mol. The second-order valence-corrected chi connectivity index (χ2v) is 9.88. The third-order valence-corrected chi connectivity index (χ3v) is 8.08. The molecule has 168 valence electrons. The summed E-state index contributed by atoms with van der Waals surface area (Å²) in [5.74, 6) is -0.549. The van der Waals surface area contributed by atoms with Crippen LogP contribution in [0.2, 0.25) is 0 Å². The fourth-order valence-corrected chi connectivity index (χ4v) is 6.43. The van der Waals surface area contributed by atoms with Gasteiger partial charge in [0.15, 0.2) is 0 Å². The first-order valence-corrected chi connectivity index (χ1v) is 11.9. The van der Waals surface area contributed by atoms with Crippen LogP contribution in [0.5, 0.6) is 0 Å². The summed E-state index contributed by atoms with van der Waals surface area (Å²) in [5, 5.41) is 14.7. The molecule has 0 heterocycles. The normalized spacial score (nSPS) is 12.8. The molecule has 33 heavy (non-hydrogen) atoms. The Labute approximate surface area is 192 Å². The van der Waals surface area contributed by atoms with E-state index in [1.807, 2.05) is 91.0 Å². The lowest BCUT2D eigenvalue weighted by Gasteiger charge is -2.34. The Bertz CT molecular complexity index is 1100. The lowest BCUT2D eigenvalue weighted by Crippen LogP contribution is -2.30. The van der Waals surface area contributed by atoms with E-state index in [4.69, 9.17) is 0 Å². The molecule has 0 radical (unpaired) electrons. The molecular formula is C27H23F3NOP. The van der Waals surface area contributed by atoms with Crippen molar-refractivity contribution in [3.63, 3.8) is 0 Å². The summed E-state index contributed by atoms with van der Waals surface area (Å²) < 4.78 is 39.6. The molecule has 4 aromatic rings. The molecule has 1 unspecified atom stereocenters. The molecule has 0 bridgehead atoms. The molecule has 0 aliphatic rings. The van der Waals surface area contributed by atoms with E-state index in [1.165, 1.54) is 17.2 Å². The van der Waals surface area contributed by atoms with Gasteiger partial charge in [-0.05, 0) is 41.8 Å². The van der Waals surface area contributed by atoms with E-state index in [2.05, 4.69) is 0 Å². The minimum absolute atomic E-state index is 0.241. The Balaban J connectivity index is 1.82. The number of hydrogen-bond donors (Lipinski definition) is 1. The first kappa shape index (κ1) is 23.2. The lowest BCUT2D eigenvalue weighted by atomic mass is 10.1. The molecule has 0 aromatic heterocycles. The van der Waals surface area contributed by atoms with Crippen LogP contribution in [-0.2, 0) is 12.7 Å². The standard InChI is InChI=1S/C27H23F3NOP/c28-27(29,30)23-18-16-22(17-19-23)26(31(32)20-21-10-4-1-5-11-21)33(24-12-6-2-7-13-24)25-14-8-3-9-15-25/h1-19,26,32H,20H2. The zero-order valence-electron chi connectivity index (χ0n) is 17.7. The smallest absolute Gasteiger partial charge is 0.313 e. The van der Waals surface area contributed by atoms with Crippen LogP contribution in [0.1, 0.15) is 22.5 Å². The van der Waals surface area contributed by atoms with E-state index in [-0.39, 0.29) is 6.54 Å². The number of benzene rings is 4. The molecule has 2 nitrogen and oxygen atoms in total. The van der Waals surface area contributed by atoms with Gasteiger partial charge in [-0.2, -0.15) is 18.2 Å². The fraction of sp³-hybridized carbons (Fsp3) is 0.111. The highest BCUT2D eigenvalue weighted by atomic mass is 31.1. The fourth-order valence-electron chi connectivity index (χ4n) is 3.76. The highest BCUT2D eigenvalue weighted by molar-refractivity contribution is 7.73. The predicted octanol–water partition coefficient (Wildman–Crippen LogP) is 6.73. The Morgan fingerprint density at radius 1 is 0.667 bits per heavy atom. The van der Waals surface area contributed by atoms with Crippen LogP contribution >= 0.6 is 7.92 Å². The Morgan fingerprint density at radius 3 is 1.58 bits per heavy atom. The number of hydroxylamine groups is 2. The molecule has 6 heteroatoms. The zero-order valence-corrected chi connectivity index (χ0v) is 18.6. The minimum atomic E-state index is -4.42. The molecule has 4 rings (SSSR count). The molecular weight excluding hydrogens is 442 g/mol. The van der Waals surface area contributed by atoms with Gasteiger partial charge in [0.25, 0.3) is 0 Å². The average molecular weight is 465 g/mol. The maximum Gasteiger partial charge on any atom is 0.416 e. The topological polar surface area (TPSA) is 23.5 Å². The van der Waals surface area contributed by atoms with E-state index >= 15 is 0 Å². The van der Waals surface area contributed by atoms with E-state index < -0.39 is 25.4 Å². The zero-order chi connectivity index (χ0) is 23.3. The quantitative estimate of drug-likeness (QED) is 0.242. The summed E-state index contributed by atoms with van der Waals surface area (Å²) in [7, 11) is -1.17. The highest BCUT2D eigenvalue weighted by Crippen LogP contribution is 2.51. The van der Waals surface area contributed by atoms with Gasteiger partial charge in [-0.3, -0.25) is 0 Å². The van der Waals surface area contributed by atoms with Crippen molar-refractivity contribution in [1.82, 2.24) is 5.06 Å². The monoisotopic (exact) mass is 465 g/mol. The van der Waals surface area contributed by atoms with Gasteiger partial charge in [0, 0.05) is 6.54 Å².